The Hall–Kier alpha value is -2.66. The summed E-state index contributed by atoms with van der Waals surface area (Å²) in [6.07, 6.45) is -1.61. The summed E-state index contributed by atoms with van der Waals surface area (Å²) in [5, 5.41) is 18.7. The summed E-state index contributed by atoms with van der Waals surface area (Å²) in [5.41, 5.74) is 2.02. The van der Waals surface area contributed by atoms with Crippen molar-refractivity contribution in [2.75, 3.05) is 0 Å². The van der Waals surface area contributed by atoms with Crippen LogP contribution in [0.15, 0.2) is 52.9 Å². The van der Waals surface area contributed by atoms with Crippen LogP contribution < -0.4 is 0 Å². The zero-order chi connectivity index (χ0) is 14.1. The van der Waals surface area contributed by atoms with Gasteiger partial charge in [-0.3, -0.25) is 0 Å². The Balaban J connectivity index is 2.16. The third-order valence-electron chi connectivity index (χ3n) is 3.01. The highest BCUT2D eigenvalue weighted by atomic mass is 16.4. The average Bonchev–Trinajstić information content (AvgIpc) is 2.90. The number of para-hydroxylation sites is 2. The van der Waals surface area contributed by atoms with Crippen LogP contribution in [0.3, 0.4) is 0 Å². The van der Waals surface area contributed by atoms with Gasteiger partial charge in [-0.1, -0.05) is 30.3 Å². The number of aliphatic hydroxyl groups excluding tert-OH is 1. The van der Waals surface area contributed by atoms with E-state index in [4.69, 9.17) is 9.52 Å². The highest BCUT2D eigenvalue weighted by Gasteiger charge is 2.22. The van der Waals surface area contributed by atoms with Crippen LogP contribution in [-0.2, 0) is 4.79 Å². The molecule has 3 aromatic rings. The lowest BCUT2D eigenvalue weighted by Gasteiger charge is -2.09. The molecule has 0 bridgehead atoms. The molecule has 0 aliphatic heterocycles. The second-order valence-corrected chi connectivity index (χ2v) is 4.31. The molecule has 20 heavy (non-hydrogen) atoms. The van der Waals surface area contributed by atoms with E-state index in [0.717, 1.165) is 0 Å². The van der Waals surface area contributed by atoms with Gasteiger partial charge in [0.2, 0.25) is 5.89 Å². The lowest BCUT2D eigenvalue weighted by atomic mass is 10.0. The number of aromatic nitrogens is 1. The number of fused-ring (bicyclic) bond motifs is 1. The fraction of sp³-hybridized carbons (Fsp3) is 0.0667. The quantitative estimate of drug-likeness (QED) is 0.763. The number of hydrogen-bond acceptors (Lipinski definition) is 4. The van der Waals surface area contributed by atoms with E-state index in [-0.39, 0.29) is 5.56 Å². The third-order valence-corrected chi connectivity index (χ3v) is 3.01. The molecule has 1 unspecified atom stereocenters. The smallest absolute Gasteiger partial charge is 0.337 e. The van der Waals surface area contributed by atoms with Crippen LogP contribution in [0.1, 0.15) is 11.7 Å². The molecular weight excluding hydrogens is 258 g/mol. The minimum Gasteiger partial charge on any atom is -0.479 e. The summed E-state index contributed by atoms with van der Waals surface area (Å²) in [6.45, 7) is 0. The number of oxazole rings is 1. The summed E-state index contributed by atoms with van der Waals surface area (Å²) >= 11 is 0. The molecule has 0 saturated heterocycles. The second-order valence-electron chi connectivity index (χ2n) is 4.31. The molecule has 1 heterocycles. The molecule has 3 rings (SSSR count). The Bertz CT molecular complexity index is 745. The van der Waals surface area contributed by atoms with E-state index in [9.17, 15) is 9.90 Å². The van der Waals surface area contributed by atoms with Gasteiger partial charge < -0.3 is 14.6 Å². The maximum atomic E-state index is 11.0. The van der Waals surface area contributed by atoms with Gasteiger partial charge in [0, 0.05) is 11.1 Å². The number of hydrogen-bond donors (Lipinski definition) is 2. The number of aliphatic hydroxyl groups is 1. The number of nitrogens with zero attached hydrogens (tertiary/aromatic N) is 1. The van der Waals surface area contributed by atoms with E-state index < -0.39 is 12.1 Å². The van der Waals surface area contributed by atoms with Crippen LogP contribution >= 0.6 is 0 Å². The molecule has 0 amide bonds. The molecule has 2 aromatic carbocycles. The van der Waals surface area contributed by atoms with Gasteiger partial charge in [-0.2, -0.15) is 0 Å². The van der Waals surface area contributed by atoms with Crippen LogP contribution in [0.5, 0.6) is 0 Å². The molecule has 1 aromatic heterocycles. The Morgan fingerprint density at radius 2 is 1.80 bits per heavy atom. The summed E-state index contributed by atoms with van der Waals surface area (Å²) in [6, 6.07) is 13.9. The van der Waals surface area contributed by atoms with Crippen LogP contribution in [0.2, 0.25) is 0 Å². The minimum absolute atomic E-state index is 0.256. The predicted molar refractivity (Wildman–Crippen MR) is 72.0 cm³/mol. The molecule has 0 saturated carbocycles. The predicted octanol–water partition coefficient (Wildman–Crippen LogP) is 2.61. The number of benzene rings is 2. The van der Waals surface area contributed by atoms with Gasteiger partial charge >= 0.3 is 5.97 Å². The molecular formula is C15H11NO4. The molecule has 5 nitrogen and oxygen atoms in total. The van der Waals surface area contributed by atoms with E-state index in [0.29, 0.717) is 22.6 Å². The summed E-state index contributed by atoms with van der Waals surface area (Å²) in [7, 11) is 0. The summed E-state index contributed by atoms with van der Waals surface area (Å²) in [4.78, 5) is 15.3. The SMILES string of the molecule is O=C(O)C(O)c1ccccc1-c1nc2ccccc2o1. The molecule has 1 atom stereocenters. The lowest BCUT2D eigenvalue weighted by Crippen LogP contribution is -2.11. The molecule has 0 aliphatic carbocycles. The van der Waals surface area contributed by atoms with E-state index in [1.54, 1.807) is 36.4 Å². The van der Waals surface area contributed by atoms with Crippen molar-refractivity contribution in [2.45, 2.75) is 6.10 Å². The third kappa shape index (κ3) is 2.04. The van der Waals surface area contributed by atoms with E-state index in [1.807, 2.05) is 12.1 Å². The van der Waals surface area contributed by atoms with Gasteiger partial charge in [-0.05, 0) is 18.2 Å². The molecule has 2 N–H and O–H groups in total. The number of carbonyl (C=O) groups is 1. The number of carboxylic acid groups (broad SMARTS) is 1. The first-order valence-corrected chi connectivity index (χ1v) is 6.02. The van der Waals surface area contributed by atoms with Crippen molar-refractivity contribution in [1.29, 1.82) is 0 Å². The van der Waals surface area contributed by atoms with Gasteiger partial charge in [0.25, 0.3) is 0 Å². The lowest BCUT2D eigenvalue weighted by molar-refractivity contribution is -0.146. The Labute approximate surface area is 114 Å². The fourth-order valence-corrected chi connectivity index (χ4v) is 2.05. The first kappa shape index (κ1) is 12.4. The number of aliphatic carboxylic acids is 1. The van der Waals surface area contributed by atoms with Crippen molar-refractivity contribution in [3.63, 3.8) is 0 Å². The van der Waals surface area contributed by atoms with E-state index in [1.165, 1.54) is 0 Å². The second kappa shape index (κ2) is 4.79. The Kier molecular flexibility index (Phi) is 2.96. The van der Waals surface area contributed by atoms with Gasteiger partial charge in [0.05, 0.1) is 0 Å². The van der Waals surface area contributed by atoms with Crippen LogP contribution in [-0.4, -0.2) is 21.2 Å². The van der Waals surface area contributed by atoms with Crippen LogP contribution in [0.4, 0.5) is 0 Å². The first-order chi connectivity index (χ1) is 9.66. The first-order valence-electron chi connectivity index (χ1n) is 6.02. The van der Waals surface area contributed by atoms with Crippen molar-refractivity contribution in [1.82, 2.24) is 4.98 Å². The van der Waals surface area contributed by atoms with E-state index >= 15 is 0 Å². The fourth-order valence-electron chi connectivity index (χ4n) is 2.05. The van der Waals surface area contributed by atoms with Gasteiger partial charge in [-0.15, -0.1) is 0 Å². The van der Waals surface area contributed by atoms with Crippen molar-refractivity contribution in [3.8, 4) is 11.5 Å². The van der Waals surface area contributed by atoms with Crippen molar-refractivity contribution in [3.05, 3.63) is 54.1 Å². The zero-order valence-electron chi connectivity index (χ0n) is 10.4. The van der Waals surface area contributed by atoms with E-state index in [2.05, 4.69) is 4.98 Å². The molecule has 0 radical (unpaired) electrons. The highest BCUT2D eigenvalue weighted by Crippen LogP contribution is 2.30. The molecule has 0 fully saturated rings. The summed E-state index contributed by atoms with van der Waals surface area (Å²) in [5.74, 6) is -1.02. The van der Waals surface area contributed by atoms with Gasteiger partial charge in [-0.25, -0.2) is 9.78 Å². The summed E-state index contributed by atoms with van der Waals surface area (Å²) < 4.78 is 5.61. The largest absolute Gasteiger partial charge is 0.479 e. The minimum atomic E-state index is -1.61. The van der Waals surface area contributed by atoms with Gasteiger partial charge in [0.1, 0.15) is 5.52 Å². The van der Waals surface area contributed by atoms with Crippen LogP contribution in [0.25, 0.3) is 22.6 Å². The molecule has 5 heteroatoms. The normalized spacial score (nSPS) is 12.4. The maximum Gasteiger partial charge on any atom is 0.337 e. The topological polar surface area (TPSA) is 83.6 Å². The molecule has 0 spiro atoms. The van der Waals surface area contributed by atoms with Crippen molar-refractivity contribution >= 4 is 17.1 Å². The van der Waals surface area contributed by atoms with Crippen molar-refractivity contribution in [2.24, 2.45) is 0 Å². The highest BCUT2D eigenvalue weighted by molar-refractivity contribution is 5.80. The molecule has 100 valence electrons. The zero-order valence-corrected chi connectivity index (χ0v) is 10.4. The molecule has 0 aliphatic rings. The Morgan fingerprint density at radius 1 is 1.10 bits per heavy atom. The number of carboxylic acids is 1. The average molecular weight is 269 g/mol. The van der Waals surface area contributed by atoms with Crippen LogP contribution in [0, 0.1) is 0 Å². The monoisotopic (exact) mass is 269 g/mol. The maximum absolute atomic E-state index is 11.0. The number of rotatable bonds is 3. The van der Waals surface area contributed by atoms with Gasteiger partial charge in [0.15, 0.2) is 11.7 Å². The van der Waals surface area contributed by atoms with Crippen molar-refractivity contribution < 1.29 is 19.4 Å². The Morgan fingerprint density at radius 3 is 2.55 bits per heavy atom. The standard InChI is InChI=1S/C15H11NO4/c17-13(15(18)19)9-5-1-2-6-10(9)14-16-11-7-3-4-8-12(11)20-14/h1-8,13,17H,(H,18,19).